The third-order valence-corrected chi connectivity index (χ3v) is 5.86. The maximum absolute atomic E-state index is 13.3. The molecule has 32 heavy (non-hydrogen) atoms. The number of nitrogen functional groups attached to an aromatic ring is 1. The Hall–Kier alpha value is -3.01. The van der Waals surface area contributed by atoms with Crippen molar-refractivity contribution in [2.24, 2.45) is 0 Å². The van der Waals surface area contributed by atoms with E-state index >= 15 is 0 Å². The summed E-state index contributed by atoms with van der Waals surface area (Å²) in [7, 11) is 2.97. The fourth-order valence-electron chi connectivity index (χ4n) is 3.84. The normalized spacial score (nSPS) is 20.4. The van der Waals surface area contributed by atoms with Crippen LogP contribution in [0.25, 0.3) is 0 Å². The summed E-state index contributed by atoms with van der Waals surface area (Å²) >= 11 is 6.13. The molecule has 0 aliphatic carbocycles. The highest BCUT2D eigenvalue weighted by atomic mass is 35.5. The van der Waals surface area contributed by atoms with Gasteiger partial charge in [0.05, 0.1) is 41.4 Å². The third-order valence-electron chi connectivity index (χ3n) is 5.53. The summed E-state index contributed by atoms with van der Waals surface area (Å²) in [6.45, 7) is 1.05. The van der Waals surface area contributed by atoms with E-state index in [9.17, 15) is 14.7 Å². The van der Waals surface area contributed by atoms with Gasteiger partial charge in [-0.2, -0.15) is 0 Å². The van der Waals surface area contributed by atoms with Gasteiger partial charge in [0.1, 0.15) is 11.5 Å². The summed E-state index contributed by atoms with van der Waals surface area (Å²) in [5.41, 5.74) is 5.88. The van der Waals surface area contributed by atoms with Gasteiger partial charge in [-0.15, -0.1) is 0 Å². The zero-order valence-electron chi connectivity index (χ0n) is 17.9. The van der Waals surface area contributed by atoms with Gasteiger partial charge >= 0.3 is 0 Å². The molecule has 2 aromatic carbocycles. The Morgan fingerprint density at radius 1 is 1.28 bits per heavy atom. The predicted octanol–water partition coefficient (Wildman–Crippen LogP) is 2.14. The minimum atomic E-state index is -0.975. The lowest BCUT2D eigenvalue weighted by Crippen LogP contribution is -2.65. The second kappa shape index (κ2) is 10.1. The Balaban J connectivity index is 1.87. The zero-order valence-corrected chi connectivity index (χ0v) is 18.7. The first kappa shape index (κ1) is 23.6. The molecule has 3 rings (SSSR count). The van der Waals surface area contributed by atoms with Crippen LogP contribution in [0.3, 0.4) is 0 Å². The number of piperidine rings is 1. The molecule has 10 heteroatoms. The van der Waals surface area contributed by atoms with Crippen molar-refractivity contribution < 1.29 is 24.2 Å². The number of nitrogens with one attached hydrogen (secondary N) is 3. The number of methoxy groups -OCH3 is 2. The van der Waals surface area contributed by atoms with Crippen LogP contribution in [0.4, 0.5) is 11.4 Å². The quantitative estimate of drug-likeness (QED) is 0.314. The average Bonchev–Trinajstić information content (AvgIpc) is 2.77. The van der Waals surface area contributed by atoms with Gasteiger partial charge < -0.3 is 36.3 Å². The number of phenolic OH excluding ortho intramolecular Hbond substituents is 1. The molecular weight excluding hydrogens is 436 g/mol. The van der Waals surface area contributed by atoms with E-state index in [0.717, 1.165) is 0 Å². The van der Waals surface area contributed by atoms with Crippen molar-refractivity contribution in [3.05, 3.63) is 47.0 Å². The summed E-state index contributed by atoms with van der Waals surface area (Å²) in [5, 5.41) is 18.7. The zero-order chi connectivity index (χ0) is 23.3. The first-order chi connectivity index (χ1) is 15.3. The van der Waals surface area contributed by atoms with Crippen LogP contribution in [-0.2, 0) is 9.53 Å². The summed E-state index contributed by atoms with van der Waals surface area (Å²) in [4.78, 5) is 26.2. The number of benzene rings is 2. The SMILES string of the molecule is COc1cc(N)c(Cl)cc1C(=O)N[C@@]1(CC(=O)Nc2ccc(O)cc2)CCNC[C@@H]1OC. The van der Waals surface area contributed by atoms with E-state index in [1.54, 1.807) is 12.1 Å². The average molecular weight is 463 g/mol. The van der Waals surface area contributed by atoms with Crippen molar-refractivity contribution in [2.75, 3.05) is 38.4 Å². The van der Waals surface area contributed by atoms with Crippen LogP contribution in [0.15, 0.2) is 36.4 Å². The largest absolute Gasteiger partial charge is 0.508 e. The van der Waals surface area contributed by atoms with Gasteiger partial charge in [0, 0.05) is 25.4 Å². The fraction of sp³-hybridized carbons (Fsp3) is 0.364. The minimum absolute atomic E-state index is 0.0230. The van der Waals surface area contributed by atoms with Crippen LogP contribution in [0.1, 0.15) is 23.2 Å². The number of anilines is 2. The number of hydrogen-bond donors (Lipinski definition) is 5. The molecule has 172 valence electrons. The molecule has 1 aliphatic rings. The van der Waals surface area contributed by atoms with Gasteiger partial charge in [-0.25, -0.2) is 0 Å². The summed E-state index contributed by atoms with van der Waals surface area (Å²) in [6, 6.07) is 9.07. The fourth-order valence-corrected chi connectivity index (χ4v) is 4.01. The van der Waals surface area contributed by atoms with Crippen LogP contribution in [0.2, 0.25) is 5.02 Å². The van der Waals surface area contributed by atoms with Gasteiger partial charge in [-0.1, -0.05) is 11.6 Å². The van der Waals surface area contributed by atoms with Gasteiger partial charge in [0.2, 0.25) is 5.91 Å². The number of carbonyl (C=O) groups is 2. The highest BCUT2D eigenvalue weighted by Gasteiger charge is 2.44. The smallest absolute Gasteiger partial charge is 0.255 e. The molecule has 0 saturated carbocycles. The summed E-state index contributed by atoms with van der Waals surface area (Å²) in [5.74, 6) is -0.385. The first-order valence-corrected chi connectivity index (χ1v) is 10.4. The molecular formula is C22H27ClN4O5. The van der Waals surface area contributed by atoms with E-state index < -0.39 is 17.6 Å². The second-order valence-corrected chi connectivity index (χ2v) is 8.04. The molecule has 0 aromatic heterocycles. The van der Waals surface area contributed by atoms with E-state index in [4.69, 9.17) is 26.8 Å². The Morgan fingerprint density at radius 2 is 2.00 bits per heavy atom. The van der Waals surface area contributed by atoms with E-state index in [1.807, 2.05) is 0 Å². The molecule has 1 fully saturated rings. The Kier molecular flexibility index (Phi) is 7.44. The van der Waals surface area contributed by atoms with Crippen molar-refractivity contribution >= 4 is 34.8 Å². The highest BCUT2D eigenvalue weighted by Crippen LogP contribution is 2.31. The standard InChI is InChI=1S/C22H27ClN4O5/c1-31-18-10-17(24)16(23)9-15(18)21(30)27-22(7-8-25-12-19(22)32-2)11-20(29)26-13-3-5-14(28)6-4-13/h3-6,9-10,19,25,28H,7-8,11-12,24H2,1-2H3,(H,26,29)(H,27,30)/t19-,22+/m0/s1. The lowest BCUT2D eigenvalue weighted by molar-refractivity contribution is -0.119. The summed E-state index contributed by atoms with van der Waals surface area (Å²) in [6.07, 6.45) is -0.0168. The van der Waals surface area contributed by atoms with Crippen molar-refractivity contribution in [3.8, 4) is 11.5 Å². The summed E-state index contributed by atoms with van der Waals surface area (Å²) < 4.78 is 10.9. The Morgan fingerprint density at radius 3 is 2.66 bits per heavy atom. The van der Waals surface area contributed by atoms with Gasteiger partial charge in [0.15, 0.2) is 0 Å². The highest BCUT2D eigenvalue weighted by molar-refractivity contribution is 6.33. The number of halogens is 1. The molecule has 1 heterocycles. The molecule has 0 bridgehead atoms. The Bertz CT molecular complexity index is 985. The predicted molar refractivity (Wildman–Crippen MR) is 122 cm³/mol. The van der Waals surface area contributed by atoms with Crippen LogP contribution < -0.4 is 26.4 Å². The molecule has 0 unspecified atom stereocenters. The van der Waals surface area contributed by atoms with Gasteiger partial charge in [-0.3, -0.25) is 9.59 Å². The monoisotopic (exact) mass is 462 g/mol. The van der Waals surface area contributed by atoms with Crippen LogP contribution in [-0.4, -0.2) is 55.9 Å². The number of hydrogen-bond acceptors (Lipinski definition) is 7. The number of carbonyl (C=O) groups excluding carboxylic acids is 2. The van der Waals surface area contributed by atoms with Gasteiger partial charge in [0.25, 0.3) is 5.91 Å². The van der Waals surface area contributed by atoms with Crippen LogP contribution in [0.5, 0.6) is 11.5 Å². The number of nitrogens with two attached hydrogens (primary N) is 1. The molecule has 6 N–H and O–H groups in total. The van der Waals surface area contributed by atoms with E-state index in [2.05, 4.69) is 16.0 Å². The minimum Gasteiger partial charge on any atom is -0.508 e. The van der Waals surface area contributed by atoms with Crippen molar-refractivity contribution in [1.29, 1.82) is 0 Å². The second-order valence-electron chi connectivity index (χ2n) is 7.63. The molecule has 0 radical (unpaired) electrons. The van der Waals surface area contributed by atoms with Gasteiger partial charge in [-0.05, 0) is 43.3 Å². The third kappa shape index (κ3) is 5.24. The van der Waals surface area contributed by atoms with E-state index in [0.29, 0.717) is 30.9 Å². The lowest BCUT2D eigenvalue weighted by Gasteiger charge is -2.43. The molecule has 1 aliphatic heterocycles. The maximum Gasteiger partial charge on any atom is 0.255 e. The van der Waals surface area contributed by atoms with Crippen molar-refractivity contribution in [3.63, 3.8) is 0 Å². The molecule has 9 nitrogen and oxygen atoms in total. The number of aromatic hydroxyl groups is 1. The molecule has 1 saturated heterocycles. The molecule has 2 atom stereocenters. The Labute approximate surface area is 191 Å². The lowest BCUT2D eigenvalue weighted by atomic mass is 9.81. The van der Waals surface area contributed by atoms with Crippen LogP contribution >= 0.6 is 11.6 Å². The molecule has 2 aromatic rings. The number of phenols is 1. The van der Waals surface area contributed by atoms with Crippen LogP contribution in [0, 0.1) is 0 Å². The maximum atomic E-state index is 13.3. The number of amides is 2. The van der Waals surface area contributed by atoms with E-state index in [-0.39, 0.29) is 34.4 Å². The molecule has 2 amide bonds. The number of ether oxygens (including phenoxy) is 2. The number of rotatable bonds is 7. The topological polar surface area (TPSA) is 135 Å². The van der Waals surface area contributed by atoms with E-state index in [1.165, 1.54) is 38.5 Å². The van der Waals surface area contributed by atoms with Crippen molar-refractivity contribution in [1.82, 2.24) is 10.6 Å². The first-order valence-electron chi connectivity index (χ1n) is 10.1. The van der Waals surface area contributed by atoms with Crippen molar-refractivity contribution in [2.45, 2.75) is 24.5 Å². The molecule has 0 spiro atoms.